The van der Waals surface area contributed by atoms with Crippen LogP contribution in [0.25, 0.3) is 10.2 Å². The zero-order valence-electron chi connectivity index (χ0n) is 18.1. The second-order valence-corrected chi connectivity index (χ2v) is 9.77. The lowest BCUT2D eigenvalue weighted by Crippen LogP contribution is -2.50. The van der Waals surface area contributed by atoms with Crippen molar-refractivity contribution in [2.24, 2.45) is 7.05 Å². The number of hydrogen-bond acceptors (Lipinski definition) is 7. The molecule has 1 aliphatic heterocycles. The van der Waals surface area contributed by atoms with Crippen LogP contribution in [-0.2, 0) is 16.6 Å². The van der Waals surface area contributed by atoms with E-state index in [0.29, 0.717) is 32.4 Å². The predicted octanol–water partition coefficient (Wildman–Crippen LogP) is 3.44. The monoisotopic (exact) mass is 482 g/mol. The molecule has 1 N–H and O–H groups in total. The van der Waals surface area contributed by atoms with E-state index in [-0.39, 0.29) is 17.6 Å². The zero-order chi connectivity index (χ0) is 23.1. The van der Waals surface area contributed by atoms with Crippen molar-refractivity contribution in [2.75, 3.05) is 12.9 Å². The highest BCUT2D eigenvalue weighted by Crippen LogP contribution is 2.40. The molecule has 1 fully saturated rings. The molecule has 0 saturated heterocycles. The first-order valence-corrected chi connectivity index (χ1v) is 12.4. The van der Waals surface area contributed by atoms with E-state index in [1.54, 1.807) is 18.0 Å². The van der Waals surface area contributed by atoms with Crippen LogP contribution >= 0.6 is 23.1 Å². The van der Waals surface area contributed by atoms with E-state index in [1.165, 1.54) is 34.8 Å². The van der Waals surface area contributed by atoms with Crippen molar-refractivity contribution in [2.45, 2.75) is 30.1 Å². The topological polar surface area (TPSA) is 93.5 Å². The van der Waals surface area contributed by atoms with Gasteiger partial charge in [-0.25, -0.2) is 14.6 Å². The number of aromatic nitrogens is 2. The highest BCUT2D eigenvalue weighted by Gasteiger charge is 2.44. The van der Waals surface area contributed by atoms with Crippen LogP contribution in [0.3, 0.4) is 0 Å². The Morgan fingerprint density at radius 2 is 2.00 bits per heavy atom. The van der Waals surface area contributed by atoms with Crippen LogP contribution < -0.4 is 10.9 Å². The number of nitrogens with one attached hydrogen (secondary N) is 1. The number of esters is 1. The summed E-state index contributed by atoms with van der Waals surface area (Å²) >= 11 is 2.75. The predicted molar refractivity (Wildman–Crippen MR) is 127 cm³/mol. The Balaban J connectivity index is 1.59. The molecule has 0 spiro atoms. The molecule has 2 aromatic heterocycles. The van der Waals surface area contributed by atoms with E-state index in [1.807, 2.05) is 35.7 Å². The SMILES string of the molecule is COC(=O)C1=C(CSc2nc3sccc3c(=O)n2C)N(C2CC2)C(=O)NC1c1ccccc1. The van der Waals surface area contributed by atoms with Crippen molar-refractivity contribution in [3.8, 4) is 0 Å². The van der Waals surface area contributed by atoms with Crippen molar-refractivity contribution in [3.05, 3.63) is 69.0 Å². The number of nitrogens with zero attached hydrogens (tertiary/aromatic N) is 3. The maximum Gasteiger partial charge on any atom is 0.338 e. The molecule has 1 aliphatic carbocycles. The normalized spacial score (nSPS) is 18.5. The lowest BCUT2D eigenvalue weighted by Gasteiger charge is -2.36. The molecule has 3 heterocycles. The molecule has 0 bridgehead atoms. The third kappa shape index (κ3) is 3.93. The van der Waals surface area contributed by atoms with Gasteiger partial charge in [-0.05, 0) is 29.9 Å². The molecule has 1 unspecified atom stereocenters. The van der Waals surface area contributed by atoms with Gasteiger partial charge in [-0.15, -0.1) is 11.3 Å². The molecular formula is C23H22N4O4S2. The van der Waals surface area contributed by atoms with Crippen molar-refractivity contribution in [1.82, 2.24) is 19.8 Å². The second kappa shape index (κ2) is 8.68. The van der Waals surface area contributed by atoms with Gasteiger partial charge in [-0.2, -0.15) is 0 Å². The summed E-state index contributed by atoms with van der Waals surface area (Å²) in [5, 5.41) is 5.95. The molecule has 1 saturated carbocycles. The first-order valence-electron chi connectivity index (χ1n) is 10.5. The number of ether oxygens (including phenoxy) is 1. The molecule has 2 aliphatic rings. The summed E-state index contributed by atoms with van der Waals surface area (Å²) in [4.78, 5) is 45.8. The summed E-state index contributed by atoms with van der Waals surface area (Å²) < 4.78 is 6.66. The van der Waals surface area contributed by atoms with Crippen LogP contribution in [0, 0.1) is 0 Å². The molecule has 1 aromatic carbocycles. The number of urea groups is 1. The molecule has 10 heteroatoms. The number of rotatable bonds is 6. The van der Waals surface area contributed by atoms with Crippen LogP contribution in [0.5, 0.6) is 0 Å². The average Bonchev–Trinajstić information content (AvgIpc) is 3.56. The number of carbonyl (C=O) groups excluding carboxylic acids is 2. The summed E-state index contributed by atoms with van der Waals surface area (Å²) in [6.07, 6.45) is 1.76. The Bertz CT molecular complexity index is 1330. The van der Waals surface area contributed by atoms with Gasteiger partial charge in [-0.3, -0.25) is 14.3 Å². The average molecular weight is 483 g/mol. The lowest BCUT2D eigenvalue weighted by atomic mass is 9.95. The van der Waals surface area contributed by atoms with Gasteiger partial charge in [0.05, 0.1) is 24.1 Å². The fourth-order valence-corrected chi connectivity index (χ4v) is 5.84. The quantitative estimate of drug-likeness (QED) is 0.329. The number of thiophene rings is 1. The first-order chi connectivity index (χ1) is 16.0. The Morgan fingerprint density at radius 3 is 2.70 bits per heavy atom. The van der Waals surface area contributed by atoms with Crippen molar-refractivity contribution < 1.29 is 14.3 Å². The molecule has 8 nitrogen and oxygen atoms in total. The van der Waals surface area contributed by atoms with Gasteiger partial charge in [0, 0.05) is 24.5 Å². The Morgan fingerprint density at radius 1 is 1.24 bits per heavy atom. The zero-order valence-corrected chi connectivity index (χ0v) is 19.7. The van der Waals surface area contributed by atoms with Gasteiger partial charge < -0.3 is 10.1 Å². The summed E-state index contributed by atoms with van der Waals surface area (Å²) in [5.41, 5.74) is 1.70. The number of benzene rings is 1. The molecule has 1 atom stereocenters. The molecule has 3 aromatic rings. The first kappa shape index (κ1) is 21.7. The maximum absolute atomic E-state index is 13.1. The molecule has 5 rings (SSSR count). The molecule has 2 amide bonds. The molecule has 0 radical (unpaired) electrons. The van der Waals surface area contributed by atoms with Crippen LogP contribution in [0.1, 0.15) is 24.4 Å². The highest BCUT2D eigenvalue weighted by atomic mass is 32.2. The van der Waals surface area contributed by atoms with E-state index in [9.17, 15) is 14.4 Å². The van der Waals surface area contributed by atoms with Crippen molar-refractivity contribution in [1.29, 1.82) is 0 Å². The van der Waals surface area contributed by atoms with Gasteiger partial charge in [0.1, 0.15) is 4.83 Å². The summed E-state index contributed by atoms with van der Waals surface area (Å²) in [5.74, 6) is -0.185. The number of hydrogen-bond donors (Lipinski definition) is 1. The smallest absolute Gasteiger partial charge is 0.338 e. The van der Waals surface area contributed by atoms with Gasteiger partial charge in [0.25, 0.3) is 5.56 Å². The highest BCUT2D eigenvalue weighted by molar-refractivity contribution is 7.99. The van der Waals surface area contributed by atoms with Crippen molar-refractivity contribution in [3.63, 3.8) is 0 Å². The number of thioether (sulfide) groups is 1. The van der Waals surface area contributed by atoms with Crippen LogP contribution in [0.2, 0.25) is 0 Å². The lowest BCUT2D eigenvalue weighted by molar-refractivity contribution is -0.136. The van der Waals surface area contributed by atoms with E-state index < -0.39 is 12.0 Å². The minimum absolute atomic E-state index is 0.0496. The Kier molecular flexibility index (Phi) is 5.71. The summed E-state index contributed by atoms with van der Waals surface area (Å²) in [7, 11) is 3.03. The Hall–Kier alpha value is -3.11. The van der Waals surface area contributed by atoms with Crippen LogP contribution in [0.15, 0.2) is 63.0 Å². The van der Waals surface area contributed by atoms with E-state index >= 15 is 0 Å². The van der Waals surface area contributed by atoms with E-state index in [2.05, 4.69) is 10.3 Å². The number of amides is 2. The number of carbonyl (C=O) groups is 2. The number of fused-ring (bicyclic) bond motifs is 1. The minimum Gasteiger partial charge on any atom is -0.466 e. The minimum atomic E-state index is -0.617. The summed E-state index contributed by atoms with van der Waals surface area (Å²) in [6, 6.07) is 10.3. The van der Waals surface area contributed by atoms with E-state index in [4.69, 9.17) is 4.74 Å². The molecule has 170 valence electrons. The second-order valence-electron chi connectivity index (χ2n) is 7.93. The third-order valence-corrected chi connectivity index (χ3v) is 7.68. The van der Waals surface area contributed by atoms with Gasteiger partial charge >= 0.3 is 12.0 Å². The van der Waals surface area contributed by atoms with Gasteiger partial charge in [-0.1, -0.05) is 42.1 Å². The standard InChI is InChI=1S/C23H22N4O4S2/c1-26-20(28)15-10-11-32-19(15)25-23(26)33-12-16-17(21(29)31-2)18(13-6-4-3-5-7-13)24-22(30)27(16)14-8-9-14/h3-7,10-11,14,18H,8-9,12H2,1-2H3,(H,24,30). The van der Waals surface area contributed by atoms with Gasteiger partial charge in [0.2, 0.25) is 0 Å². The Labute approximate surface area is 198 Å². The summed E-state index contributed by atoms with van der Waals surface area (Å²) in [6.45, 7) is 0. The maximum atomic E-state index is 13.1. The van der Waals surface area contributed by atoms with E-state index in [0.717, 1.165) is 18.4 Å². The van der Waals surface area contributed by atoms with Crippen LogP contribution in [0.4, 0.5) is 4.79 Å². The van der Waals surface area contributed by atoms with Crippen LogP contribution in [-0.4, -0.2) is 45.4 Å². The third-order valence-electron chi connectivity index (χ3n) is 5.83. The molecular weight excluding hydrogens is 460 g/mol. The fraction of sp³-hybridized carbons (Fsp3) is 0.304. The fourth-order valence-electron chi connectivity index (χ4n) is 4.03. The number of methoxy groups -OCH3 is 1. The largest absolute Gasteiger partial charge is 0.466 e. The van der Waals surface area contributed by atoms with Crippen molar-refractivity contribution >= 4 is 45.3 Å². The van der Waals surface area contributed by atoms with Gasteiger partial charge in [0.15, 0.2) is 5.16 Å². The molecule has 33 heavy (non-hydrogen) atoms.